The molecule has 0 saturated heterocycles. The monoisotopic (exact) mass is 360 g/mol. The second kappa shape index (κ2) is 6.24. The van der Waals surface area contributed by atoms with Gasteiger partial charge < -0.3 is 5.11 Å². The number of benzene rings is 1. The van der Waals surface area contributed by atoms with Crippen molar-refractivity contribution in [1.82, 2.24) is 9.78 Å². The molecule has 1 aromatic carbocycles. The van der Waals surface area contributed by atoms with E-state index in [2.05, 4.69) is 21.0 Å². The Labute approximate surface area is 130 Å². The fourth-order valence-corrected chi connectivity index (χ4v) is 2.90. The Kier molecular flexibility index (Phi) is 4.83. The van der Waals surface area contributed by atoms with Crippen LogP contribution in [-0.4, -0.2) is 21.0 Å². The van der Waals surface area contributed by atoms with Crippen molar-refractivity contribution in [2.24, 2.45) is 7.05 Å². The summed E-state index contributed by atoms with van der Waals surface area (Å²) in [6.07, 6.45) is -0.180. The van der Waals surface area contributed by atoms with Crippen molar-refractivity contribution < 1.29 is 9.50 Å². The maximum absolute atomic E-state index is 13.7. The van der Waals surface area contributed by atoms with Gasteiger partial charge in [-0.15, -0.1) is 0 Å². The minimum atomic E-state index is -0.726. The van der Waals surface area contributed by atoms with Crippen LogP contribution in [0.5, 0.6) is 0 Å². The van der Waals surface area contributed by atoms with E-state index in [4.69, 9.17) is 11.6 Å². The van der Waals surface area contributed by atoms with E-state index in [0.717, 1.165) is 15.9 Å². The van der Waals surface area contributed by atoms with Gasteiger partial charge in [0.1, 0.15) is 5.82 Å². The summed E-state index contributed by atoms with van der Waals surface area (Å²) in [6.45, 7) is 1.88. The molecule has 0 fully saturated rings. The van der Waals surface area contributed by atoms with Crippen molar-refractivity contribution in [3.05, 3.63) is 50.5 Å². The third-order valence-electron chi connectivity index (χ3n) is 3.19. The van der Waals surface area contributed by atoms with Gasteiger partial charge in [-0.2, -0.15) is 5.10 Å². The van der Waals surface area contributed by atoms with Crippen LogP contribution in [0.3, 0.4) is 0 Å². The number of rotatable bonds is 4. The lowest BCUT2D eigenvalue weighted by Crippen LogP contribution is -2.17. The molecule has 0 amide bonds. The van der Waals surface area contributed by atoms with Crippen LogP contribution in [0.2, 0.25) is 5.02 Å². The zero-order valence-corrected chi connectivity index (χ0v) is 13.5. The Hall–Kier alpha value is -0.910. The molecule has 1 unspecified atom stereocenters. The van der Waals surface area contributed by atoms with Crippen LogP contribution in [0, 0.1) is 12.7 Å². The Balaban J connectivity index is 2.15. The molecule has 0 aliphatic carbocycles. The second-order valence-electron chi connectivity index (χ2n) is 4.73. The van der Waals surface area contributed by atoms with Crippen LogP contribution < -0.4 is 0 Å². The molecule has 0 aliphatic heterocycles. The molecule has 0 saturated carbocycles. The first-order chi connectivity index (χ1) is 9.40. The largest absolute Gasteiger partial charge is 0.392 e. The first-order valence-corrected chi connectivity index (χ1v) is 7.36. The smallest absolute Gasteiger partial charge is 0.127 e. The Morgan fingerprint density at radius 1 is 1.45 bits per heavy atom. The topological polar surface area (TPSA) is 38.0 Å². The van der Waals surface area contributed by atoms with Crippen molar-refractivity contribution in [2.75, 3.05) is 0 Å². The predicted molar refractivity (Wildman–Crippen MR) is 80.5 cm³/mol. The summed E-state index contributed by atoms with van der Waals surface area (Å²) in [5.41, 5.74) is 2.08. The minimum absolute atomic E-state index is 0.169. The van der Waals surface area contributed by atoms with E-state index in [1.165, 1.54) is 6.07 Å². The van der Waals surface area contributed by atoms with Gasteiger partial charge in [-0.1, -0.05) is 17.7 Å². The number of nitrogens with zero attached hydrogens (tertiary/aromatic N) is 2. The van der Waals surface area contributed by atoms with Gasteiger partial charge in [0.05, 0.1) is 22.0 Å². The van der Waals surface area contributed by atoms with Gasteiger partial charge in [-0.05, 0) is 35.0 Å². The van der Waals surface area contributed by atoms with Gasteiger partial charge in [0.25, 0.3) is 0 Å². The summed E-state index contributed by atoms with van der Waals surface area (Å²) in [7, 11) is 1.82. The molecule has 6 heteroatoms. The van der Waals surface area contributed by atoms with Crippen molar-refractivity contribution in [2.45, 2.75) is 25.9 Å². The van der Waals surface area contributed by atoms with Crippen LogP contribution in [-0.2, 0) is 19.9 Å². The normalized spacial score (nSPS) is 12.7. The van der Waals surface area contributed by atoms with Gasteiger partial charge in [-0.3, -0.25) is 4.68 Å². The van der Waals surface area contributed by atoms with Gasteiger partial charge in [-0.25, -0.2) is 4.39 Å². The van der Waals surface area contributed by atoms with E-state index in [9.17, 15) is 9.50 Å². The number of aliphatic hydroxyl groups excluding tert-OH is 1. The first-order valence-electron chi connectivity index (χ1n) is 6.19. The van der Waals surface area contributed by atoms with E-state index in [-0.39, 0.29) is 6.42 Å². The molecule has 0 bridgehead atoms. The molecule has 3 nitrogen and oxygen atoms in total. The standard InChI is InChI=1S/C14H15BrClFN2O/c1-8-14(15)13(19(2)18-8)7-9(20)6-10-11(16)4-3-5-12(10)17/h3-5,9,20H,6-7H2,1-2H3. The van der Waals surface area contributed by atoms with E-state index in [0.29, 0.717) is 17.0 Å². The molecule has 2 aromatic rings. The van der Waals surface area contributed by atoms with E-state index >= 15 is 0 Å². The quantitative estimate of drug-likeness (QED) is 0.906. The van der Waals surface area contributed by atoms with E-state index in [1.807, 2.05) is 14.0 Å². The maximum atomic E-state index is 13.7. The average Bonchev–Trinajstić information content (AvgIpc) is 2.61. The fourth-order valence-electron chi connectivity index (χ4n) is 2.16. The molecule has 1 atom stereocenters. The van der Waals surface area contributed by atoms with Crippen LogP contribution in [0.1, 0.15) is 17.0 Å². The van der Waals surface area contributed by atoms with Gasteiger partial charge >= 0.3 is 0 Å². The predicted octanol–water partition coefficient (Wildman–Crippen LogP) is 3.43. The Morgan fingerprint density at radius 3 is 2.70 bits per heavy atom. The van der Waals surface area contributed by atoms with Crippen molar-refractivity contribution in [3.63, 3.8) is 0 Å². The van der Waals surface area contributed by atoms with E-state index < -0.39 is 11.9 Å². The summed E-state index contributed by atoms with van der Waals surface area (Å²) in [4.78, 5) is 0. The summed E-state index contributed by atoms with van der Waals surface area (Å²) in [6, 6.07) is 4.52. The van der Waals surface area contributed by atoms with Gasteiger partial charge in [0, 0.05) is 30.5 Å². The zero-order valence-electron chi connectivity index (χ0n) is 11.2. The summed E-state index contributed by atoms with van der Waals surface area (Å²) >= 11 is 9.41. The van der Waals surface area contributed by atoms with Crippen molar-refractivity contribution >= 4 is 27.5 Å². The molecule has 0 aliphatic rings. The number of aromatic nitrogens is 2. The van der Waals surface area contributed by atoms with Crippen LogP contribution in [0.25, 0.3) is 0 Å². The number of hydrogen-bond acceptors (Lipinski definition) is 2. The highest BCUT2D eigenvalue weighted by Crippen LogP contribution is 2.24. The third kappa shape index (κ3) is 3.22. The molecule has 1 aromatic heterocycles. The minimum Gasteiger partial charge on any atom is -0.392 e. The maximum Gasteiger partial charge on any atom is 0.127 e. The van der Waals surface area contributed by atoms with Crippen molar-refractivity contribution in [1.29, 1.82) is 0 Å². The molecule has 20 heavy (non-hydrogen) atoms. The second-order valence-corrected chi connectivity index (χ2v) is 5.93. The van der Waals surface area contributed by atoms with E-state index in [1.54, 1.807) is 16.8 Å². The Morgan fingerprint density at radius 2 is 2.15 bits per heavy atom. The highest BCUT2D eigenvalue weighted by atomic mass is 79.9. The number of aliphatic hydroxyl groups is 1. The van der Waals surface area contributed by atoms with Crippen LogP contribution in [0.4, 0.5) is 4.39 Å². The fraction of sp³-hybridized carbons (Fsp3) is 0.357. The lowest BCUT2D eigenvalue weighted by molar-refractivity contribution is 0.171. The molecule has 1 heterocycles. The number of aryl methyl sites for hydroxylation is 2. The molecule has 108 valence electrons. The lowest BCUT2D eigenvalue weighted by Gasteiger charge is -2.13. The highest BCUT2D eigenvalue weighted by Gasteiger charge is 2.18. The zero-order chi connectivity index (χ0) is 14.9. The van der Waals surface area contributed by atoms with Crippen LogP contribution in [0.15, 0.2) is 22.7 Å². The van der Waals surface area contributed by atoms with Gasteiger partial charge in [0.15, 0.2) is 0 Å². The first kappa shape index (κ1) is 15.5. The molecule has 2 rings (SSSR count). The lowest BCUT2D eigenvalue weighted by atomic mass is 10.0. The summed E-state index contributed by atoms with van der Waals surface area (Å²) < 4.78 is 16.3. The molecular formula is C14H15BrClFN2O. The van der Waals surface area contributed by atoms with Crippen LogP contribution >= 0.6 is 27.5 Å². The Bertz CT molecular complexity index is 610. The summed E-state index contributed by atoms with van der Waals surface area (Å²) in [5, 5.41) is 14.8. The SMILES string of the molecule is Cc1nn(C)c(CC(O)Cc2c(F)cccc2Cl)c1Br. The number of hydrogen-bond donors (Lipinski definition) is 1. The molecule has 0 spiro atoms. The number of halogens is 3. The van der Waals surface area contributed by atoms with Crippen molar-refractivity contribution in [3.8, 4) is 0 Å². The third-order valence-corrected chi connectivity index (χ3v) is 4.58. The molecular weight excluding hydrogens is 347 g/mol. The average molecular weight is 362 g/mol. The molecule has 1 N–H and O–H groups in total. The molecule has 0 radical (unpaired) electrons. The summed E-state index contributed by atoms with van der Waals surface area (Å²) in [5.74, 6) is -0.392. The van der Waals surface area contributed by atoms with Gasteiger partial charge in [0.2, 0.25) is 0 Å². The highest BCUT2D eigenvalue weighted by molar-refractivity contribution is 9.10.